The third-order valence-electron chi connectivity index (χ3n) is 3.85. The Hall–Kier alpha value is -1.11. The van der Waals surface area contributed by atoms with Gasteiger partial charge in [-0.1, -0.05) is 48.3 Å². The molecule has 0 saturated heterocycles. The first-order valence-corrected chi connectivity index (χ1v) is 8.92. The topological polar surface area (TPSA) is 17.1 Å². The molecule has 1 nitrogen and oxygen atoms in total. The zero-order valence-corrected chi connectivity index (χ0v) is 15.5. The van der Waals surface area contributed by atoms with Gasteiger partial charge in [-0.15, -0.1) is 0 Å². The molecule has 0 N–H and O–H groups in total. The fourth-order valence-corrected chi connectivity index (χ4v) is 2.32. The molecule has 0 fully saturated rings. The molecular formula is C21H36O. The Kier molecular flexibility index (Phi) is 12.9. The summed E-state index contributed by atoms with van der Waals surface area (Å²) in [5.41, 5.74) is 4.30. The van der Waals surface area contributed by atoms with Gasteiger partial charge in [0.25, 0.3) is 0 Å². The first-order valence-electron chi connectivity index (χ1n) is 8.92. The highest BCUT2D eigenvalue weighted by atomic mass is 16.1. The number of Topliss-reactive ketones (excluding diaryl/α,β-unsaturated/α-hetero) is 1. The Labute approximate surface area is 138 Å². The van der Waals surface area contributed by atoms with Gasteiger partial charge in [0.15, 0.2) is 0 Å². The number of rotatable bonds is 12. The van der Waals surface area contributed by atoms with Crippen LogP contribution in [0.5, 0.6) is 0 Å². The SMILES string of the molecule is CCCCC(=O)CC/C=C(\C)CC/C=C(\C)CCC=C(C)C. The molecular weight excluding hydrogens is 268 g/mol. The van der Waals surface area contributed by atoms with E-state index in [0.717, 1.165) is 51.4 Å². The molecule has 0 radical (unpaired) electrons. The van der Waals surface area contributed by atoms with Gasteiger partial charge >= 0.3 is 0 Å². The van der Waals surface area contributed by atoms with Gasteiger partial charge in [0.05, 0.1) is 0 Å². The number of hydrogen-bond donors (Lipinski definition) is 0. The average Bonchev–Trinajstić information content (AvgIpc) is 2.44. The number of carbonyl (C=O) groups is 1. The van der Waals surface area contributed by atoms with Crippen LogP contribution >= 0.6 is 0 Å². The van der Waals surface area contributed by atoms with Gasteiger partial charge in [0.1, 0.15) is 5.78 Å². The number of unbranched alkanes of at least 4 members (excludes halogenated alkanes) is 1. The summed E-state index contributed by atoms with van der Waals surface area (Å²) in [6.45, 7) is 10.8. The molecule has 0 bridgehead atoms. The maximum absolute atomic E-state index is 11.6. The zero-order valence-electron chi connectivity index (χ0n) is 15.5. The molecule has 1 heteroatoms. The van der Waals surface area contributed by atoms with Crippen molar-refractivity contribution in [3.63, 3.8) is 0 Å². The van der Waals surface area contributed by atoms with E-state index in [2.05, 4.69) is 52.8 Å². The summed E-state index contributed by atoms with van der Waals surface area (Å²) in [5, 5.41) is 0. The Morgan fingerprint density at radius 2 is 1.23 bits per heavy atom. The third kappa shape index (κ3) is 13.9. The van der Waals surface area contributed by atoms with Crippen molar-refractivity contribution in [2.24, 2.45) is 0 Å². The third-order valence-corrected chi connectivity index (χ3v) is 3.85. The number of hydrogen-bond acceptors (Lipinski definition) is 1. The lowest BCUT2D eigenvalue weighted by molar-refractivity contribution is -0.119. The van der Waals surface area contributed by atoms with Gasteiger partial charge in [-0.25, -0.2) is 0 Å². The molecule has 0 aromatic heterocycles. The highest BCUT2D eigenvalue weighted by Crippen LogP contribution is 2.12. The van der Waals surface area contributed by atoms with Crippen LogP contribution in [0, 0.1) is 0 Å². The van der Waals surface area contributed by atoms with Crippen LogP contribution in [0.4, 0.5) is 0 Å². The van der Waals surface area contributed by atoms with Gasteiger partial charge in [-0.2, -0.15) is 0 Å². The smallest absolute Gasteiger partial charge is 0.133 e. The molecule has 0 aromatic carbocycles. The summed E-state index contributed by atoms with van der Waals surface area (Å²) in [6, 6.07) is 0. The van der Waals surface area contributed by atoms with Crippen LogP contribution in [-0.4, -0.2) is 5.78 Å². The highest BCUT2D eigenvalue weighted by molar-refractivity contribution is 5.78. The molecule has 0 rings (SSSR count). The predicted molar refractivity (Wildman–Crippen MR) is 99.2 cm³/mol. The van der Waals surface area contributed by atoms with Crippen LogP contribution in [0.1, 0.15) is 92.4 Å². The molecule has 22 heavy (non-hydrogen) atoms. The first-order chi connectivity index (χ1) is 10.5. The zero-order chi connectivity index (χ0) is 16.8. The molecule has 0 unspecified atom stereocenters. The van der Waals surface area contributed by atoms with Crippen LogP contribution in [0.15, 0.2) is 34.9 Å². The molecule has 0 aromatic rings. The summed E-state index contributed by atoms with van der Waals surface area (Å²) < 4.78 is 0. The van der Waals surface area contributed by atoms with E-state index in [4.69, 9.17) is 0 Å². The molecule has 126 valence electrons. The lowest BCUT2D eigenvalue weighted by atomic mass is 10.0. The summed E-state index contributed by atoms with van der Waals surface area (Å²) in [7, 11) is 0. The number of allylic oxidation sites excluding steroid dienone is 6. The fraction of sp³-hybridized carbons (Fsp3) is 0.667. The van der Waals surface area contributed by atoms with Crippen molar-refractivity contribution in [3.8, 4) is 0 Å². The Balaban J connectivity index is 3.87. The van der Waals surface area contributed by atoms with Crippen molar-refractivity contribution in [2.45, 2.75) is 92.4 Å². The normalized spacial score (nSPS) is 12.4. The molecule has 0 heterocycles. The minimum Gasteiger partial charge on any atom is -0.300 e. The van der Waals surface area contributed by atoms with E-state index in [0.29, 0.717) is 5.78 Å². The summed E-state index contributed by atoms with van der Waals surface area (Å²) in [6.07, 6.45) is 16.0. The minimum absolute atomic E-state index is 0.418. The molecule has 0 saturated carbocycles. The average molecular weight is 305 g/mol. The molecule has 0 aliphatic rings. The second kappa shape index (κ2) is 13.5. The van der Waals surface area contributed by atoms with Crippen LogP contribution in [-0.2, 0) is 4.79 Å². The van der Waals surface area contributed by atoms with E-state index in [9.17, 15) is 4.79 Å². The van der Waals surface area contributed by atoms with Gasteiger partial charge in [-0.05, 0) is 66.2 Å². The van der Waals surface area contributed by atoms with Gasteiger partial charge < -0.3 is 0 Å². The van der Waals surface area contributed by atoms with Crippen molar-refractivity contribution in [1.29, 1.82) is 0 Å². The van der Waals surface area contributed by atoms with Crippen molar-refractivity contribution >= 4 is 5.78 Å². The van der Waals surface area contributed by atoms with E-state index in [-0.39, 0.29) is 0 Å². The fourth-order valence-electron chi connectivity index (χ4n) is 2.32. The van der Waals surface area contributed by atoms with Gasteiger partial charge in [0, 0.05) is 12.8 Å². The first kappa shape index (κ1) is 20.9. The van der Waals surface area contributed by atoms with E-state index in [1.807, 2.05) is 0 Å². The monoisotopic (exact) mass is 304 g/mol. The predicted octanol–water partition coefficient (Wildman–Crippen LogP) is 6.95. The maximum Gasteiger partial charge on any atom is 0.133 e. The van der Waals surface area contributed by atoms with Crippen molar-refractivity contribution in [3.05, 3.63) is 34.9 Å². The standard InChI is InChI=1S/C21H36O/c1-6-7-16-21(22)17-10-15-20(5)14-9-13-19(4)12-8-11-18(2)3/h11,13,15H,6-10,12,14,16-17H2,1-5H3/b19-13+,20-15+. The summed E-state index contributed by atoms with van der Waals surface area (Å²) in [4.78, 5) is 11.6. The molecule has 0 spiro atoms. The van der Waals surface area contributed by atoms with Crippen LogP contribution < -0.4 is 0 Å². The van der Waals surface area contributed by atoms with Gasteiger partial charge in [-0.3, -0.25) is 4.79 Å². The van der Waals surface area contributed by atoms with E-state index < -0.39 is 0 Å². The Morgan fingerprint density at radius 3 is 1.73 bits per heavy atom. The maximum atomic E-state index is 11.6. The molecule has 0 amide bonds. The summed E-state index contributed by atoms with van der Waals surface area (Å²) >= 11 is 0. The van der Waals surface area contributed by atoms with Crippen molar-refractivity contribution < 1.29 is 4.79 Å². The highest BCUT2D eigenvalue weighted by Gasteiger charge is 1.99. The lowest BCUT2D eigenvalue weighted by Crippen LogP contribution is -1.96. The second-order valence-corrected chi connectivity index (χ2v) is 6.64. The number of ketones is 1. The Morgan fingerprint density at radius 1 is 0.727 bits per heavy atom. The Bertz CT molecular complexity index is 392. The molecule has 0 aliphatic carbocycles. The van der Waals surface area contributed by atoms with E-state index >= 15 is 0 Å². The van der Waals surface area contributed by atoms with Crippen LogP contribution in [0.3, 0.4) is 0 Å². The number of carbonyl (C=O) groups excluding carboxylic acids is 1. The van der Waals surface area contributed by atoms with Crippen LogP contribution in [0.25, 0.3) is 0 Å². The lowest BCUT2D eigenvalue weighted by Gasteiger charge is -2.02. The largest absolute Gasteiger partial charge is 0.300 e. The summed E-state index contributed by atoms with van der Waals surface area (Å²) in [5.74, 6) is 0.418. The molecule has 0 atom stereocenters. The quantitative estimate of drug-likeness (QED) is 0.357. The van der Waals surface area contributed by atoms with E-state index in [1.54, 1.807) is 0 Å². The van der Waals surface area contributed by atoms with E-state index in [1.165, 1.54) is 23.1 Å². The minimum atomic E-state index is 0.418. The van der Waals surface area contributed by atoms with Crippen molar-refractivity contribution in [2.75, 3.05) is 0 Å². The van der Waals surface area contributed by atoms with Crippen LogP contribution in [0.2, 0.25) is 0 Å². The molecule has 0 aliphatic heterocycles. The van der Waals surface area contributed by atoms with Crippen molar-refractivity contribution in [1.82, 2.24) is 0 Å². The second-order valence-electron chi connectivity index (χ2n) is 6.64. The van der Waals surface area contributed by atoms with Gasteiger partial charge in [0.2, 0.25) is 0 Å².